The summed E-state index contributed by atoms with van der Waals surface area (Å²) in [4.78, 5) is 0.0742. The van der Waals surface area contributed by atoms with E-state index in [-0.39, 0.29) is 10.6 Å². The van der Waals surface area contributed by atoms with Crippen LogP contribution in [0, 0.1) is 19.7 Å². The SMILES string of the molecule is Cc1ccc(S(=O)(=O)Oc2ccc(F)cc2-c2c(C)ccc3c2CCCC3)cc1. The van der Waals surface area contributed by atoms with Crippen molar-refractivity contribution in [3.63, 3.8) is 0 Å². The van der Waals surface area contributed by atoms with Gasteiger partial charge in [-0.05, 0) is 92.1 Å². The molecule has 0 unspecified atom stereocenters. The van der Waals surface area contributed by atoms with Gasteiger partial charge in [-0.15, -0.1) is 0 Å². The van der Waals surface area contributed by atoms with Crippen molar-refractivity contribution in [1.29, 1.82) is 0 Å². The van der Waals surface area contributed by atoms with Crippen molar-refractivity contribution in [1.82, 2.24) is 0 Å². The number of hydrogen-bond acceptors (Lipinski definition) is 3. The van der Waals surface area contributed by atoms with Gasteiger partial charge in [0.25, 0.3) is 0 Å². The molecule has 0 saturated heterocycles. The molecule has 1 aliphatic carbocycles. The Bertz CT molecular complexity index is 1170. The molecule has 0 atom stereocenters. The van der Waals surface area contributed by atoms with E-state index < -0.39 is 15.9 Å². The molecule has 4 rings (SSSR count). The smallest absolute Gasteiger partial charge is 0.339 e. The fourth-order valence-corrected chi connectivity index (χ4v) is 4.91. The zero-order valence-electron chi connectivity index (χ0n) is 16.5. The summed E-state index contributed by atoms with van der Waals surface area (Å²) in [7, 11) is -4.03. The van der Waals surface area contributed by atoms with E-state index in [1.165, 1.54) is 41.5 Å². The van der Waals surface area contributed by atoms with Crippen LogP contribution >= 0.6 is 0 Å². The van der Waals surface area contributed by atoms with Gasteiger partial charge in [0.2, 0.25) is 0 Å². The van der Waals surface area contributed by atoms with E-state index in [1.54, 1.807) is 12.1 Å². The Hall–Kier alpha value is -2.66. The molecule has 0 fully saturated rings. The van der Waals surface area contributed by atoms with E-state index in [9.17, 15) is 12.8 Å². The van der Waals surface area contributed by atoms with Crippen molar-refractivity contribution in [2.45, 2.75) is 44.4 Å². The van der Waals surface area contributed by atoms with Gasteiger partial charge in [-0.25, -0.2) is 4.39 Å². The number of rotatable bonds is 4. The van der Waals surface area contributed by atoms with Crippen LogP contribution in [-0.4, -0.2) is 8.42 Å². The van der Waals surface area contributed by atoms with E-state index in [4.69, 9.17) is 4.18 Å². The summed E-state index contributed by atoms with van der Waals surface area (Å²) in [5.74, 6) is -0.276. The molecule has 0 N–H and O–H groups in total. The number of fused-ring (bicyclic) bond motifs is 1. The van der Waals surface area contributed by atoms with Crippen LogP contribution in [0.5, 0.6) is 5.75 Å². The topological polar surface area (TPSA) is 43.4 Å². The standard InChI is InChI=1S/C24H23FO3S/c1-16-7-12-20(13-8-16)29(26,27)28-23-14-11-19(25)15-22(23)24-17(2)9-10-18-5-3-4-6-21(18)24/h7-15H,3-6H2,1-2H3. The highest BCUT2D eigenvalue weighted by molar-refractivity contribution is 7.87. The molecule has 0 amide bonds. The molecule has 1 aliphatic rings. The van der Waals surface area contributed by atoms with Crippen molar-refractivity contribution >= 4 is 10.1 Å². The summed E-state index contributed by atoms with van der Waals surface area (Å²) in [5, 5.41) is 0. The lowest BCUT2D eigenvalue weighted by Gasteiger charge is -2.23. The average Bonchev–Trinajstić information content (AvgIpc) is 2.70. The van der Waals surface area contributed by atoms with Gasteiger partial charge >= 0.3 is 10.1 Å². The summed E-state index contributed by atoms with van der Waals surface area (Å²) in [6.07, 6.45) is 4.07. The number of aryl methyl sites for hydroxylation is 3. The Morgan fingerprint density at radius 3 is 2.38 bits per heavy atom. The Morgan fingerprint density at radius 2 is 1.62 bits per heavy atom. The quantitative estimate of drug-likeness (QED) is 0.514. The number of benzene rings is 3. The van der Waals surface area contributed by atoms with E-state index in [0.29, 0.717) is 5.56 Å². The first kappa shape index (κ1) is 19.6. The first-order chi connectivity index (χ1) is 13.8. The van der Waals surface area contributed by atoms with Crippen LogP contribution in [-0.2, 0) is 23.0 Å². The van der Waals surface area contributed by atoms with Crippen molar-refractivity contribution in [2.24, 2.45) is 0 Å². The number of halogens is 1. The van der Waals surface area contributed by atoms with E-state index in [2.05, 4.69) is 6.07 Å². The van der Waals surface area contributed by atoms with Gasteiger partial charge in [-0.1, -0.05) is 29.8 Å². The zero-order valence-corrected chi connectivity index (χ0v) is 17.4. The second-order valence-electron chi connectivity index (χ2n) is 7.59. The van der Waals surface area contributed by atoms with Gasteiger partial charge in [-0.2, -0.15) is 8.42 Å². The highest BCUT2D eigenvalue weighted by Gasteiger charge is 2.23. The maximum atomic E-state index is 14.2. The molecule has 0 aromatic heterocycles. The zero-order chi connectivity index (χ0) is 20.6. The fraction of sp³-hybridized carbons (Fsp3) is 0.250. The monoisotopic (exact) mass is 410 g/mol. The van der Waals surface area contributed by atoms with Crippen molar-refractivity contribution in [3.05, 3.63) is 82.7 Å². The molecule has 0 saturated carbocycles. The molecule has 0 heterocycles. The third-order valence-corrected chi connectivity index (χ3v) is 6.71. The minimum absolute atomic E-state index is 0.0742. The molecule has 0 radical (unpaired) electrons. The lowest BCUT2D eigenvalue weighted by atomic mass is 9.83. The largest absolute Gasteiger partial charge is 0.378 e. The average molecular weight is 411 g/mol. The Labute approximate surface area is 171 Å². The Kier molecular flexibility index (Phi) is 5.17. The summed E-state index contributed by atoms with van der Waals surface area (Å²) in [5.41, 5.74) is 5.72. The summed E-state index contributed by atoms with van der Waals surface area (Å²) < 4.78 is 45.4. The predicted molar refractivity (Wildman–Crippen MR) is 112 cm³/mol. The molecular formula is C24H23FO3S. The van der Waals surface area contributed by atoms with E-state index >= 15 is 0 Å². The third kappa shape index (κ3) is 3.92. The molecule has 3 aromatic carbocycles. The second-order valence-corrected chi connectivity index (χ2v) is 9.14. The second kappa shape index (κ2) is 7.64. The first-order valence-corrected chi connectivity index (χ1v) is 11.2. The highest BCUT2D eigenvalue weighted by atomic mass is 32.2. The summed E-state index contributed by atoms with van der Waals surface area (Å²) in [6, 6.07) is 14.6. The van der Waals surface area contributed by atoms with Crippen LogP contribution in [0.3, 0.4) is 0 Å². The van der Waals surface area contributed by atoms with Crippen LogP contribution in [0.2, 0.25) is 0 Å². The lowest BCUT2D eigenvalue weighted by molar-refractivity contribution is 0.485. The van der Waals surface area contributed by atoms with Gasteiger partial charge in [0.1, 0.15) is 10.7 Å². The summed E-state index contributed by atoms with van der Waals surface area (Å²) >= 11 is 0. The van der Waals surface area contributed by atoms with Crippen molar-refractivity contribution in [2.75, 3.05) is 0 Å². The normalized spacial score (nSPS) is 13.8. The maximum absolute atomic E-state index is 14.2. The van der Waals surface area contributed by atoms with Gasteiger partial charge in [0.05, 0.1) is 0 Å². The highest BCUT2D eigenvalue weighted by Crippen LogP contribution is 2.40. The molecule has 150 valence electrons. The summed E-state index contributed by atoms with van der Waals surface area (Å²) in [6.45, 7) is 3.85. The van der Waals surface area contributed by atoms with Crippen LogP contribution in [0.25, 0.3) is 11.1 Å². The molecule has 0 spiro atoms. The lowest BCUT2D eigenvalue weighted by Crippen LogP contribution is -2.11. The van der Waals surface area contributed by atoms with Gasteiger partial charge in [0, 0.05) is 5.56 Å². The minimum Gasteiger partial charge on any atom is -0.378 e. The molecule has 0 bridgehead atoms. The van der Waals surface area contributed by atoms with E-state index in [0.717, 1.165) is 42.4 Å². The van der Waals surface area contributed by atoms with E-state index in [1.807, 2.05) is 19.9 Å². The fourth-order valence-electron chi connectivity index (χ4n) is 3.96. The first-order valence-electron chi connectivity index (χ1n) is 9.77. The Balaban J connectivity index is 1.84. The van der Waals surface area contributed by atoms with Crippen LogP contribution in [0.4, 0.5) is 4.39 Å². The molecule has 0 aliphatic heterocycles. The molecule has 29 heavy (non-hydrogen) atoms. The van der Waals surface area contributed by atoms with Gasteiger partial charge in [0.15, 0.2) is 5.75 Å². The molecule has 5 heteroatoms. The number of hydrogen-bond donors (Lipinski definition) is 0. The minimum atomic E-state index is -4.03. The predicted octanol–water partition coefficient (Wildman–Crippen LogP) is 5.76. The molecule has 3 aromatic rings. The Morgan fingerprint density at radius 1 is 0.897 bits per heavy atom. The maximum Gasteiger partial charge on any atom is 0.339 e. The van der Waals surface area contributed by atoms with Crippen molar-refractivity contribution < 1.29 is 17.0 Å². The van der Waals surface area contributed by atoms with Gasteiger partial charge in [-0.3, -0.25) is 0 Å². The van der Waals surface area contributed by atoms with Crippen molar-refractivity contribution in [3.8, 4) is 16.9 Å². The molecular weight excluding hydrogens is 387 g/mol. The van der Waals surface area contributed by atoms with Crippen LogP contribution < -0.4 is 4.18 Å². The van der Waals surface area contributed by atoms with Gasteiger partial charge < -0.3 is 4.18 Å². The van der Waals surface area contributed by atoms with Crippen LogP contribution in [0.1, 0.15) is 35.1 Å². The van der Waals surface area contributed by atoms with Crippen LogP contribution in [0.15, 0.2) is 59.5 Å². The molecule has 3 nitrogen and oxygen atoms in total. The third-order valence-electron chi connectivity index (χ3n) is 5.46.